The monoisotopic (exact) mass is 274 g/mol. The lowest BCUT2D eigenvalue weighted by Crippen LogP contribution is -2.51. The minimum atomic E-state index is -0.287. The normalized spacial score (nSPS) is 24.5. The number of anilines is 1. The highest BCUT2D eigenvalue weighted by Gasteiger charge is 2.32. The average Bonchev–Trinajstić information content (AvgIpc) is 2.89. The van der Waals surface area contributed by atoms with Gasteiger partial charge in [0.25, 0.3) is 0 Å². The van der Waals surface area contributed by atoms with E-state index in [2.05, 4.69) is 11.0 Å². The van der Waals surface area contributed by atoms with Crippen LogP contribution >= 0.6 is 0 Å². The fourth-order valence-electron chi connectivity index (χ4n) is 3.28. The molecule has 2 heterocycles. The molecule has 4 heteroatoms. The summed E-state index contributed by atoms with van der Waals surface area (Å²) in [5.41, 5.74) is 2.31. The molecule has 2 aliphatic rings. The lowest BCUT2D eigenvalue weighted by atomic mass is 10.1. The zero-order chi connectivity index (χ0) is 14.1. The maximum Gasteiger partial charge on any atom is 0.244 e. The highest BCUT2D eigenvalue weighted by atomic mass is 16.3. The number of hydrogen-bond donors (Lipinski definition) is 1. The number of para-hydroxylation sites is 1. The summed E-state index contributed by atoms with van der Waals surface area (Å²) in [5.74, 6) is 0.157. The SMILES string of the molecule is CC(C(=O)N1CCc2ccccc21)N1CCCC(O)C1. The van der Waals surface area contributed by atoms with Gasteiger partial charge in [-0.1, -0.05) is 18.2 Å². The minimum Gasteiger partial charge on any atom is -0.392 e. The van der Waals surface area contributed by atoms with Crippen LogP contribution in [0.4, 0.5) is 5.69 Å². The van der Waals surface area contributed by atoms with Crippen molar-refractivity contribution in [2.24, 2.45) is 0 Å². The third-order valence-corrected chi connectivity index (χ3v) is 4.49. The number of fused-ring (bicyclic) bond motifs is 1. The van der Waals surface area contributed by atoms with Crippen LogP contribution in [0.2, 0.25) is 0 Å². The number of carbonyl (C=O) groups excluding carboxylic acids is 1. The Kier molecular flexibility index (Phi) is 3.76. The van der Waals surface area contributed by atoms with Gasteiger partial charge >= 0.3 is 0 Å². The quantitative estimate of drug-likeness (QED) is 0.887. The van der Waals surface area contributed by atoms with Gasteiger partial charge in [0.1, 0.15) is 0 Å². The number of aliphatic hydroxyl groups is 1. The van der Waals surface area contributed by atoms with E-state index >= 15 is 0 Å². The van der Waals surface area contributed by atoms with Crippen molar-refractivity contribution in [1.29, 1.82) is 0 Å². The molecule has 1 saturated heterocycles. The molecule has 108 valence electrons. The van der Waals surface area contributed by atoms with Crippen LogP contribution in [0.1, 0.15) is 25.3 Å². The summed E-state index contributed by atoms with van der Waals surface area (Å²) in [5, 5.41) is 9.77. The van der Waals surface area contributed by atoms with Gasteiger partial charge in [-0.2, -0.15) is 0 Å². The number of benzene rings is 1. The van der Waals surface area contributed by atoms with Crippen molar-refractivity contribution in [3.05, 3.63) is 29.8 Å². The predicted octanol–water partition coefficient (Wildman–Crippen LogP) is 1.42. The Morgan fingerprint density at radius 3 is 2.95 bits per heavy atom. The van der Waals surface area contributed by atoms with Gasteiger partial charge in [0.2, 0.25) is 5.91 Å². The summed E-state index contributed by atoms with van der Waals surface area (Å²) in [7, 11) is 0. The predicted molar refractivity (Wildman–Crippen MR) is 78.8 cm³/mol. The molecule has 4 nitrogen and oxygen atoms in total. The fourth-order valence-corrected chi connectivity index (χ4v) is 3.28. The largest absolute Gasteiger partial charge is 0.392 e. The Balaban J connectivity index is 1.73. The molecule has 0 bridgehead atoms. The van der Waals surface area contributed by atoms with E-state index in [1.807, 2.05) is 30.0 Å². The fraction of sp³-hybridized carbons (Fsp3) is 0.562. The molecule has 20 heavy (non-hydrogen) atoms. The second kappa shape index (κ2) is 5.54. The number of likely N-dealkylation sites (tertiary alicyclic amines) is 1. The van der Waals surface area contributed by atoms with Crippen molar-refractivity contribution >= 4 is 11.6 Å². The van der Waals surface area contributed by atoms with E-state index in [-0.39, 0.29) is 18.1 Å². The van der Waals surface area contributed by atoms with Gasteiger partial charge in [0, 0.05) is 18.8 Å². The van der Waals surface area contributed by atoms with Crippen LogP contribution in [0, 0.1) is 0 Å². The number of rotatable bonds is 2. The van der Waals surface area contributed by atoms with Gasteiger partial charge < -0.3 is 10.0 Å². The van der Waals surface area contributed by atoms with E-state index in [1.165, 1.54) is 5.56 Å². The molecule has 1 fully saturated rings. The highest BCUT2D eigenvalue weighted by molar-refractivity contribution is 5.98. The molecule has 2 aliphatic heterocycles. The molecular weight excluding hydrogens is 252 g/mol. The van der Waals surface area contributed by atoms with Crippen LogP contribution in [-0.4, -0.2) is 47.7 Å². The molecule has 0 aliphatic carbocycles. The van der Waals surface area contributed by atoms with Gasteiger partial charge in [0.05, 0.1) is 12.1 Å². The number of carbonyl (C=O) groups is 1. The van der Waals surface area contributed by atoms with Gasteiger partial charge in [-0.3, -0.25) is 9.69 Å². The summed E-state index contributed by atoms with van der Waals surface area (Å²) >= 11 is 0. The second-order valence-electron chi connectivity index (χ2n) is 5.84. The van der Waals surface area contributed by atoms with Crippen LogP contribution < -0.4 is 4.90 Å². The van der Waals surface area contributed by atoms with Gasteiger partial charge in [-0.15, -0.1) is 0 Å². The molecule has 0 saturated carbocycles. The summed E-state index contributed by atoms with van der Waals surface area (Å²) in [4.78, 5) is 16.7. The Bertz CT molecular complexity index is 503. The van der Waals surface area contributed by atoms with Crippen molar-refractivity contribution < 1.29 is 9.90 Å². The van der Waals surface area contributed by atoms with Crippen molar-refractivity contribution in [1.82, 2.24) is 4.90 Å². The molecule has 2 atom stereocenters. The number of hydrogen-bond acceptors (Lipinski definition) is 3. The first-order valence-corrected chi connectivity index (χ1v) is 7.48. The number of piperidine rings is 1. The maximum absolute atomic E-state index is 12.7. The summed E-state index contributed by atoms with van der Waals surface area (Å²) in [6.45, 7) is 4.25. The van der Waals surface area contributed by atoms with Gasteiger partial charge in [0.15, 0.2) is 0 Å². The van der Waals surface area contributed by atoms with Crippen LogP contribution in [0.5, 0.6) is 0 Å². The van der Waals surface area contributed by atoms with E-state index < -0.39 is 0 Å². The zero-order valence-corrected chi connectivity index (χ0v) is 12.0. The molecule has 0 aromatic heterocycles. The summed E-state index contributed by atoms with van der Waals surface area (Å²) < 4.78 is 0. The molecule has 0 spiro atoms. The topological polar surface area (TPSA) is 43.8 Å². The van der Waals surface area contributed by atoms with Crippen molar-refractivity contribution in [3.8, 4) is 0 Å². The van der Waals surface area contributed by atoms with E-state index in [0.29, 0.717) is 6.54 Å². The van der Waals surface area contributed by atoms with Crippen molar-refractivity contribution in [2.75, 3.05) is 24.5 Å². The molecule has 1 aromatic rings. The van der Waals surface area contributed by atoms with Gasteiger partial charge in [-0.25, -0.2) is 0 Å². The van der Waals surface area contributed by atoms with Crippen LogP contribution in [-0.2, 0) is 11.2 Å². The Hall–Kier alpha value is -1.39. The minimum absolute atomic E-state index is 0.156. The Morgan fingerprint density at radius 2 is 2.15 bits per heavy atom. The molecule has 1 aromatic carbocycles. The zero-order valence-electron chi connectivity index (χ0n) is 12.0. The van der Waals surface area contributed by atoms with Crippen molar-refractivity contribution in [2.45, 2.75) is 38.3 Å². The molecule has 0 radical (unpaired) electrons. The third kappa shape index (κ3) is 2.45. The van der Waals surface area contributed by atoms with Crippen LogP contribution in [0.15, 0.2) is 24.3 Å². The molecule has 1 N–H and O–H groups in total. The Morgan fingerprint density at radius 1 is 1.35 bits per heavy atom. The molecular formula is C16H22N2O2. The van der Waals surface area contributed by atoms with E-state index in [9.17, 15) is 9.90 Å². The van der Waals surface area contributed by atoms with Crippen LogP contribution in [0.25, 0.3) is 0 Å². The maximum atomic E-state index is 12.7. The number of amides is 1. The highest BCUT2D eigenvalue weighted by Crippen LogP contribution is 2.28. The first kappa shape index (κ1) is 13.6. The summed E-state index contributed by atoms with van der Waals surface area (Å²) in [6.07, 6.45) is 2.47. The lowest BCUT2D eigenvalue weighted by Gasteiger charge is -2.35. The summed E-state index contributed by atoms with van der Waals surface area (Å²) in [6, 6.07) is 7.98. The van der Waals surface area contributed by atoms with E-state index in [1.54, 1.807) is 0 Å². The number of β-amino-alcohol motifs (C(OH)–C–C–N with tert-alkyl or cyclic N) is 1. The Labute approximate surface area is 120 Å². The second-order valence-corrected chi connectivity index (χ2v) is 5.84. The van der Waals surface area contributed by atoms with E-state index in [0.717, 1.165) is 38.0 Å². The molecule has 1 amide bonds. The van der Waals surface area contributed by atoms with Crippen LogP contribution in [0.3, 0.4) is 0 Å². The van der Waals surface area contributed by atoms with E-state index in [4.69, 9.17) is 0 Å². The number of nitrogens with zero attached hydrogens (tertiary/aromatic N) is 2. The molecule has 2 unspecified atom stereocenters. The average molecular weight is 274 g/mol. The van der Waals surface area contributed by atoms with Gasteiger partial charge in [-0.05, 0) is 44.4 Å². The van der Waals surface area contributed by atoms with Crippen molar-refractivity contribution in [3.63, 3.8) is 0 Å². The third-order valence-electron chi connectivity index (χ3n) is 4.49. The first-order valence-electron chi connectivity index (χ1n) is 7.48. The molecule has 3 rings (SSSR count). The standard InChI is InChI=1S/C16H22N2O2/c1-12(17-9-4-6-14(19)11-17)16(20)18-10-8-13-5-2-3-7-15(13)18/h2-3,5,7,12,14,19H,4,6,8-11H2,1H3. The lowest BCUT2D eigenvalue weighted by molar-refractivity contribution is -0.124. The number of aliphatic hydroxyl groups excluding tert-OH is 1. The first-order chi connectivity index (χ1) is 9.66. The smallest absolute Gasteiger partial charge is 0.244 e.